The van der Waals surface area contributed by atoms with Gasteiger partial charge in [-0.3, -0.25) is 4.79 Å². The first-order valence-corrected chi connectivity index (χ1v) is 10.9. The van der Waals surface area contributed by atoms with Gasteiger partial charge in [-0.25, -0.2) is 0 Å². The zero-order valence-corrected chi connectivity index (χ0v) is 18.5. The van der Waals surface area contributed by atoms with E-state index >= 15 is 0 Å². The number of anilines is 1. The lowest BCUT2D eigenvalue weighted by Crippen LogP contribution is -2.29. The molecule has 4 nitrogen and oxygen atoms in total. The van der Waals surface area contributed by atoms with Crippen molar-refractivity contribution in [2.24, 2.45) is 0 Å². The van der Waals surface area contributed by atoms with Crippen LogP contribution in [0.5, 0.6) is 0 Å². The molecule has 0 aromatic heterocycles. The lowest BCUT2D eigenvalue weighted by Gasteiger charge is -2.21. The maximum absolute atomic E-state index is 12.7. The fourth-order valence-corrected chi connectivity index (χ4v) is 4.27. The number of hydrogen-bond acceptors (Lipinski definition) is 3. The molecule has 1 amide bonds. The second-order valence-electron chi connectivity index (χ2n) is 7.47. The summed E-state index contributed by atoms with van der Waals surface area (Å²) in [5, 5.41) is 15.5. The largest absolute Gasteiger partial charge is 0.359 e. The van der Waals surface area contributed by atoms with Gasteiger partial charge in [-0.1, -0.05) is 31.2 Å². The van der Waals surface area contributed by atoms with Crippen LogP contribution >= 0.6 is 15.9 Å². The zero-order valence-electron chi connectivity index (χ0n) is 16.9. The molecule has 1 aliphatic rings. The van der Waals surface area contributed by atoms with Crippen molar-refractivity contribution in [1.29, 1.82) is 5.26 Å². The summed E-state index contributed by atoms with van der Waals surface area (Å²) >= 11 is 3.49. The number of rotatable bonds is 6. The Bertz CT molecular complexity index is 975. The number of fused-ring (bicyclic) bond motifs is 1. The minimum atomic E-state index is -0.368. The normalized spacial score (nSPS) is 14.5. The highest BCUT2D eigenvalue weighted by atomic mass is 79.9. The van der Waals surface area contributed by atoms with E-state index in [-0.39, 0.29) is 17.5 Å². The summed E-state index contributed by atoms with van der Waals surface area (Å²) in [5.74, 6) is -0.368. The molecule has 5 heteroatoms. The molecule has 0 radical (unpaired) electrons. The van der Waals surface area contributed by atoms with Crippen LogP contribution in [-0.2, 0) is 17.6 Å². The van der Waals surface area contributed by atoms with Gasteiger partial charge in [0.25, 0.3) is 5.91 Å². The fraction of sp³-hybridized carbons (Fsp3) is 0.333. The third kappa shape index (κ3) is 5.27. The van der Waals surface area contributed by atoms with Crippen LogP contribution in [0, 0.1) is 18.3 Å². The summed E-state index contributed by atoms with van der Waals surface area (Å²) in [6, 6.07) is 14.3. The van der Waals surface area contributed by atoms with Crippen molar-refractivity contribution in [2.45, 2.75) is 52.0 Å². The van der Waals surface area contributed by atoms with Crippen LogP contribution in [0.4, 0.5) is 5.69 Å². The topological polar surface area (TPSA) is 64.9 Å². The van der Waals surface area contributed by atoms with E-state index in [0.29, 0.717) is 0 Å². The van der Waals surface area contributed by atoms with Gasteiger partial charge in [0, 0.05) is 10.7 Å². The van der Waals surface area contributed by atoms with Gasteiger partial charge in [0.1, 0.15) is 11.6 Å². The maximum atomic E-state index is 12.7. The molecule has 2 aromatic carbocycles. The predicted molar refractivity (Wildman–Crippen MR) is 120 cm³/mol. The number of carbonyl (C=O) groups is 1. The minimum absolute atomic E-state index is 0.0499. The number of benzene rings is 2. The third-order valence-corrected chi connectivity index (χ3v) is 6.01. The molecule has 1 unspecified atom stereocenters. The predicted octanol–water partition coefficient (Wildman–Crippen LogP) is 5.72. The van der Waals surface area contributed by atoms with Crippen LogP contribution in [-0.4, -0.2) is 5.91 Å². The van der Waals surface area contributed by atoms with Crippen molar-refractivity contribution in [3.05, 3.63) is 74.9 Å². The number of amides is 1. The monoisotopic (exact) mass is 451 g/mol. The second kappa shape index (κ2) is 9.76. The highest BCUT2D eigenvalue weighted by Gasteiger charge is 2.18. The molecule has 1 atom stereocenters. The van der Waals surface area contributed by atoms with E-state index in [1.807, 2.05) is 38.1 Å². The molecule has 3 rings (SSSR count). The van der Waals surface area contributed by atoms with E-state index in [9.17, 15) is 10.1 Å². The molecule has 0 saturated heterocycles. The molecular formula is C24H26BrN3O. The Hall–Kier alpha value is -2.58. The Kier molecular flexibility index (Phi) is 7.11. The molecular weight excluding hydrogens is 426 g/mol. The average Bonchev–Trinajstić information content (AvgIpc) is 2.73. The van der Waals surface area contributed by atoms with Crippen molar-refractivity contribution >= 4 is 27.5 Å². The quantitative estimate of drug-likeness (QED) is 0.435. The van der Waals surface area contributed by atoms with Crippen LogP contribution in [0.2, 0.25) is 0 Å². The lowest BCUT2D eigenvalue weighted by atomic mass is 9.88. The van der Waals surface area contributed by atoms with Crippen LogP contribution in [0.3, 0.4) is 0 Å². The number of nitriles is 1. The molecule has 0 aliphatic heterocycles. The summed E-state index contributed by atoms with van der Waals surface area (Å²) in [5.41, 5.74) is 5.90. The van der Waals surface area contributed by atoms with Crippen LogP contribution < -0.4 is 10.6 Å². The van der Waals surface area contributed by atoms with Crippen molar-refractivity contribution < 1.29 is 4.79 Å². The standard InChI is InChI=1S/C24H26BrN3O/c1-3-22(19-10-9-17-6-4-5-7-18(17)13-19)28-24(29)20(14-26)15-27-23-11-8-16(2)12-21(23)25/h8-13,15,22,27H,3-7H2,1-2H3,(H,28,29)/b20-15-. The summed E-state index contributed by atoms with van der Waals surface area (Å²) in [6.07, 6.45) is 6.94. The van der Waals surface area contributed by atoms with E-state index < -0.39 is 0 Å². The minimum Gasteiger partial charge on any atom is -0.359 e. The summed E-state index contributed by atoms with van der Waals surface area (Å²) in [4.78, 5) is 12.7. The first-order chi connectivity index (χ1) is 14.0. The number of aryl methyl sites for hydroxylation is 3. The smallest absolute Gasteiger partial charge is 0.263 e. The molecule has 0 saturated carbocycles. The van der Waals surface area contributed by atoms with E-state index in [1.54, 1.807) is 0 Å². The number of nitrogens with zero attached hydrogens (tertiary/aromatic N) is 1. The van der Waals surface area contributed by atoms with E-state index in [1.165, 1.54) is 30.2 Å². The van der Waals surface area contributed by atoms with Gasteiger partial charge in [-0.05, 0) is 89.3 Å². The Morgan fingerprint density at radius 3 is 2.66 bits per heavy atom. The average molecular weight is 452 g/mol. The van der Waals surface area contributed by atoms with E-state index in [4.69, 9.17) is 0 Å². The molecule has 0 fully saturated rings. The maximum Gasteiger partial charge on any atom is 0.263 e. The summed E-state index contributed by atoms with van der Waals surface area (Å²) in [6.45, 7) is 4.05. The molecule has 2 N–H and O–H groups in total. The molecule has 1 aliphatic carbocycles. The second-order valence-corrected chi connectivity index (χ2v) is 8.32. The van der Waals surface area contributed by atoms with Gasteiger partial charge < -0.3 is 10.6 Å². The van der Waals surface area contributed by atoms with E-state index in [0.717, 1.165) is 40.5 Å². The highest BCUT2D eigenvalue weighted by Crippen LogP contribution is 2.26. The Morgan fingerprint density at radius 1 is 1.21 bits per heavy atom. The Balaban J connectivity index is 1.72. The van der Waals surface area contributed by atoms with Gasteiger partial charge >= 0.3 is 0 Å². The van der Waals surface area contributed by atoms with Crippen LogP contribution in [0.15, 0.2) is 52.6 Å². The number of halogens is 1. The van der Waals surface area contributed by atoms with E-state index in [2.05, 4.69) is 44.8 Å². The SMILES string of the molecule is CCC(NC(=O)/C(C#N)=C\Nc1ccc(C)cc1Br)c1ccc2c(c1)CCCC2. The molecule has 0 heterocycles. The van der Waals surface area contributed by atoms with Gasteiger partial charge in [-0.2, -0.15) is 5.26 Å². The van der Waals surface area contributed by atoms with Crippen LogP contribution in [0.1, 0.15) is 54.5 Å². The molecule has 150 valence electrons. The van der Waals surface area contributed by atoms with Gasteiger partial charge in [-0.15, -0.1) is 0 Å². The molecule has 0 bridgehead atoms. The number of nitrogens with one attached hydrogen (secondary N) is 2. The molecule has 29 heavy (non-hydrogen) atoms. The first kappa shape index (κ1) is 21.1. The lowest BCUT2D eigenvalue weighted by molar-refractivity contribution is -0.117. The van der Waals surface area contributed by atoms with Crippen molar-refractivity contribution in [2.75, 3.05) is 5.32 Å². The number of carbonyl (C=O) groups excluding carboxylic acids is 1. The van der Waals surface area contributed by atoms with Crippen molar-refractivity contribution in [1.82, 2.24) is 5.32 Å². The highest BCUT2D eigenvalue weighted by molar-refractivity contribution is 9.10. The summed E-state index contributed by atoms with van der Waals surface area (Å²) < 4.78 is 0.881. The number of hydrogen-bond donors (Lipinski definition) is 2. The zero-order chi connectivity index (χ0) is 20.8. The Morgan fingerprint density at radius 2 is 1.97 bits per heavy atom. The molecule has 0 spiro atoms. The third-order valence-electron chi connectivity index (χ3n) is 5.35. The summed E-state index contributed by atoms with van der Waals surface area (Å²) in [7, 11) is 0. The Labute approximate surface area is 181 Å². The van der Waals surface area contributed by atoms with Gasteiger partial charge in [0.15, 0.2) is 0 Å². The first-order valence-electron chi connectivity index (χ1n) is 10.1. The van der Waals surface area contributed by atoms with Gasteiger partial charge in [0.05, 0.1) is 11.7 Å². The van der Waals surface area contributed by atoms with Crippen molar-refractivity contribution in [3.63, 3.8) is 0 Å². The fourth-order valence-electron chi connectivity index (χ4n) is 3.66. The van der Waals surface area contributed by atoms with Gasteiger partial charge in [0.2, 0.25) is 0 Å². The van der Waals surface area contributed by atoms with Crippen molar-refractivity contribution in [3.8, 4) is 6.07 Å². The van der Waals surface area contributed by atoms with Crippen LogP contribution in [0.25, 0.3) is 0 Å². The molecule has 2 aromatic rings.